The number of rotatable bonds is 7. The molecule has 0 atom stereocenters. The second kappa shape index (κ2) is 10.8. The lowest BCUT2D eigenvalue weighted by Crippen LogP contribution is -2.12. The fraction of sp³-hybridized carbons (Fsp3) is 0.148. The highest BCUT2D eigenvalue weighted by atomic mass is 32.2. The minimum atomic E-state index is -0.534. The molecule has 0 bridgehead atoms. The van der Waals surface area contributed by atoms with E-state index in [1.54, 1.807) is 13.8 Å². The smallest absolute Gasteiger partial charge is 0.341 e. The van der Waals surface area contributed by atoms with Crippen LogP contribution in [0.15, 0.2) is 71.1 Å². The average molecular weight is 505 g/mol. The van der Waals surface area contributed by atoms with E-state index in [0.29, 0.717) is 26.6 Å². The van der Waals surface area contributed by atoms with Gasteiger partial charge in [0.05, 0.1) is 13.2 Å². The Morgan fingerprint density at radius 2 is 1.49 bits per heavy atom. The maximum Gasteiger partial charge on any atom is 0.341 e. The van der Waals surface area contributed by atoms with E-state index < -0.39 is 11.9 Å². The van der Waals surface area contributed by atoms with Gasteiger partial charge in [-0.3, -0.25) is 5.41 Å². The molecule has 0 spiro atoms. The van der Waals surface area contributed by atoms with Crippen LogP contribution >= 0.6 is 23.1 Å². The van der Waals surface area contributed by atoms with Gasteiger partial charge in [-0.25, -0.2) is 9.59 Å². The number of benzene rings is 2. The molecule has 8 heteroatoms. The SMILES string of the molecule is CCOC(=O)C1=C(c2ccccc2)C(=Cc2sc(N)c(C(=O)OCC)c2-c2ccccc2)SC1=N. The van der Waals surface area contributed by atoms with E-state index in [4.69, 9.17) is 20.6 Å². The molecule has 178 valence electrons. The van der Waals surface area contributed by atoms with Crippen molar-refractivity contribution in [2.24, 2.45) is 0 Å². The first-order chi connectivity index (χ1) is 17.0. The van der Waals surface area contributed by atoms with Gasteiger partial charge in [0.1, 0.15) is 21.2 Å². The molecule has 2 aromatic carbocycles. The third kappa shape index (κ3) is 4.94. The van der Waals surface area contributed by atoms with Crippen molar-refractivity contribution in [2.75, 3.05) is 18.9 Å². The lowest BCUT2D eigenvalue weighted by Gasteiger charge is -2.09. The second-order valence-corrected chi connectivity index (χ2v) is 9.58. The van der Waals surface area contributed by atoms with Crippen LogP contribution in [0.1, 0.15) is 34.6 Å². The van der Waals surface area contributed by atoms with Gasteiger partial charge in [0, 0.05) is 20.9 Å². The van der Waals surface area contributed by atoms with E-state index in [-0.39, 0.29) is 23.8 Å². The summed E-state index contributed by atoms with van der Waals surface area (Å²) in [5.41, 5.74) is 9.80. The van der Waals surface area contributed by atoms with E-state index in [1.807, 2.05) is 66.7 Å². The van der Waals surface area contributed by atoms with Crippen molar-refractivity contribution in [1.29, 1.82) is 5.41 Å². The van der Waals surface area contributed by atoms with Crippen LogP contribution in [-0.4, -0.2) is 30.2 Å². The fourth-order valence-corrected chi connectivity index (χ4v) is 5.93. The number of nitrogens with one attached hydrogen (secondary N) is 1. The zero-order valence-corrected chi connectivity index (χ0v) is 20.9. The van der Waals surface area contributed by atoms with Gasteiger partial charge in [-0.15, -0.1) is 11.3 Å². The number of nitrogens with two attached hydrogens (primary N) is 1. The maximum absolute atomic E-state index is 12.8. The Morgan fingerprint density at radius 3 is 2.09 bits per heavy atom. The maximum atomic E-state index is 12.8. The first-order valence-electron chi connectivity index (χ1n) is 11.1. The van der Waals surface area contributed by atoms with E-state index >= 15 is 0 Å². The average Bonchev–Trinajstić information content (AvgIpc) is 3.36. The molecule has 1 aliphatic heterocycles. The number of carbonyl (C=O) groups is 2. The molecule has 0 amide bonds. The molecule has 0 saturated heterocycles. The van der Waals surface area contributed by atoms with Crippen LogP contribution in [0.2, 0.25) is 0 Å². The summed E-state index contributed by atoms with van der Waals surface area (Å²) in [6.45, 7) is 3.93. The Bertz CT molecular complexity index is 1340. The molecule has 4 rings (SSSR count). The summed E-state index contributed by atoms with van der Waals surface area (Å²) in [6.07, 6.45) is 1.89. The minimum absolute atomic E-state index is 0.116. The first-order valence-corrected chi connectivity index (χ1v) is 12.7. The van der Waals surface area contributed by atoms with Crippen LogP contribution in [-0.2, 0) is 14.3 Å². The van der Waals surface area contributed by atoms with Crippen LogP contribution in [0.5, 0.6) is 0 Å². The Kier molecular flexibility index (Phi) is 7.53. The number of carbonyl (C=O) groups excluding carboxylic acids is 2. The standard InChI is InChI=1S/C27H24N2O4S2/c1-3-32-26(30)22-20(16-11-7-5-8-12-16)18(34-24(22)28)15-19-21(17-13-9-6-10-14-17)23(25(29)35-19)27(31)33-4-2/h5-15,28H,3-4,29H2,1-2H3. The monoisotopic (exact) mass is 504 g/mol. The summed E-state index contributed by atoms with van der Waals surface area (Å²) < 4.78 is 10.6. The van der Waals surface area contributed by atoms with Crippen molar-refractivity contribution in [3.63, 3.8) is 0 Å². The molecule has 1 aliphatic rings. The van der Waals surface area contributed by atoms with Gasteiger partial charge in [0.25, 0.3) is 0 Å². The van der Waals surface area contributed by atoms with Gasteiger partial charge in [0.15, 0.2) is 0 Å². The Balaban J connectivity index is 1.95. The number of hydrogen-bond acceptors (Lipinski definition) is 8. The highest BCUT2D eigenvalue weighted by Gasteiger charge is 2.33. The fourth-order valence-electron chi connectivity index (χ4n) is 3.82. The summed E-state index contributed by atoms with van der Waals surface area (Å²) in [6, 6.07) is 19.0. The van der Waals surface area contributed by atoms with Crippen LogP contribution in [0.25, 0.3) is 22.8 Å². The van der Waals surface area contributed by atoms with Crippen molar-refractivity contribution in [3.05, 3.63) is 87.1 Å². The quantitative estimate of drug-likeness (QED) is 0.368. The molecule has 35 heavy (non-hydrogen) atoms. The second-order valence-electron chi connectivity index (χ2n) is 7.44. The highest BCUT2D eigenvalue weighted by molar-refractivity contribution is 8.18. The van der Waals surface area contributed by atoms with Gasteiger partial charge in [0.2, 0.25) is 0 Å². The number of hydrogen-bond donors (Lipinski definition) is 2. The van der Waals surface area contributed by atoms with Crippen LogP contribution in [0, 0.1) is 5.41 Å². The third-order valence-corrected chi connectivity index (χ3v) is 7.16. The molecule has 3 aromatic rings. The number of allylic oxidation sites excluding steroid dienone is 1. The van der Waals surface area contributed by atoms with E-state index in [1.165, 1.54) is 23.1 Å². The van der Waals surface area contributed by atoms with Crippen molar-refractivity contribution < 1.29 is 19.1 Å². The first kappa shape index (κ1) is 24.5. The Morgan fingerprint density at radius 1 is 0.914 bits per heavy atom. The van der Waals surface area contributed by atoms with Crippen molar-refractivity contribution in [3.8, 4) is 11.1 Å². The summed E-state index contributed by atoms with van der Waals surface area (Å²) >= 11 is 2.46. The molecule has 0 saturated carbocycles. The molecule has 0 radical (unpaired) electrons. The van der Waals surface area contributed by atoms with Gasteiger partial charge >= 0.3 is 11.9 Å². The zero-order chi connectivity index (χ0) is 24.9. The normalized spacial score (nSPS) is 14.5. The number of anilines is 1. The van der Waals surface area contributed by atoms with E-state index in [9.17, 15) is 9.59 Å². The van der Waals surface area contributed by atoms with E-state index in [2.05, 4.69) is 0 Å². The van der Waals surface area contributed by atoms with Gasteiger partial charge in [-0.1, -0.05) is 72.4 Å². The highest BCUT2D eigenvalue weighted by Crippen LogP contribution is 2.48. The van der Waals surface area contributed by atoms with Gasteiger partial charge < -0.3 is 15.2 Å². The summed E-state index contributed by atoms with van der Waals surface area (Å²) in [7, 11) is 0. The molecule has 1 aromatic heterocycles. The molecule has 3 N–H and O–H groups in total. The van der Waals surface area contributed by atoms with Gasteiger partial charge in [-0.2, -0.15) is 0 Å². The molecule has 0 fully saturated rings. The molecule has 2 heterocycles. The molecular formula is C27H24N2O4S2. The number of thiophene rings is 1. The van der Waals surface area contributed by atoms with Crippen LogP contribution in [0.3, 0.4) is 0 Å². The van der Waals surface area contributed by atoms with Crippen molar-refractivity contribution >= 4 is 56.7 Å². The number of esters is 2. The summed E-state index contributed by atoms with van der Waals surface area (Å²) in [5.74, 6) is -1.02. The van der Waals surface area contributed by atoms with Gasteiger partial charge in [-0.05, 0) is 31.1 Å². The summed E-state index contributed by atoms with van der Waals surface area (Å²) in [5, 5.41) is 9.01. The Labute approximate surface area is 212 Å². The minimum Gasteiger partial charge on any atom is -0.462 e. The van der Waals surface area contributed by atoms with Crippen LogP contribution < -0.4 is 5.73 Å². The number of ether oxygens (including phenoxy) is 2. The van der Waals surface area contributed by atoms with Crippen LogP contribution in [0.4, 0.5) is 5.00 Å². The van der Waals surface area contributed by atoms with E-state index in [0.717, 1.165) is 16.0 Å². The zero-order valence-electron chi connectivity index (χ0n) is 19.3. The summed E-state index contributed by atoms with van der Waals surface area (Å²) in [4.78, 5) is 27.1. The lowest BCUT2D eigenvalue weighted by atomic mass is 9.97. The number of thioether (sulfide) groups is 1. The molecule has 6 nitrogen and oxygen atoms in total. The third-order valence-electron chi connectivity index (χ3n) is 5.24. The Hall–Kier alpha value is -3.62. The van der Waals surface area contributed by atoms with Crippen molar-refractivity contribution in [1.82, 2.24) is 0 Å². The predicted molar refractivity (Wildman–Crippen MR) is 143 cm³/mol. The molecule has 0 aliphatic carbocycles. The number of nitrogen functional groups attached to an aromatic ring is 1. The molecule has 0 unspecified atom stereocenters. The topological polar surface area (TPSA) is 102 Å². The largest absolute Gasteiger partial charge is 0.462 e. The van der Waals surface area contributed by atoms with Crippen molar-refractivity contribution in [2.45, 2.75) is 13.8 Å². The predicted octanol–water partition coefficient (Wildman–Crippen LogP) is 6.26. The lowest BCUT2D eigenvalue weighted by molar-refractivity contribution is -0.137. The molecular weight excluding hydrogens is 480 g/mol.